The van der Waals surface area contributed by atoms with Gasteiger partial charge in [0.1, 0.15) is 11.6 Å². The van der Waals surface area contributed by atoms with E-state index in [0.717, 1.165) is 5.56 Å². The van der Waals surface area contributed by atoms with E-state index >= 15 is 0 Å². The van der Waals surface area contributed by atoms with E-state index < -0.39 is 17.6 Å². The molecule has 0 spiro atoms. The van der Waals surface area contributed by atoms with Crippen molar-refractivity contribution in [3.05, 3.63) is 35.9 Å². The lowest BCUT2D eigenvalue weighted by atomic mass is 10.00. The Bertz CT molecular complexity index is 468. The summed E-state index contributed by atoms with van der Waals surface area (Å²) in [6, 6.07) is 8.74. The summed E-state index contributed by atoms with van der Waals surface area (Å²) in [6.07, 6.45) is 0.886. The highest BCUT2D eigenvalue weighted by molar-refractivity contribution is 5.89. The van der Waals surface area contributed by atoms with Gasteiger partial charge in [-0.2, -0.15) is 0 Å². The van der Waals surface area contributed by atoms with Crippen molar-refractivity contribution in [2.24, 2.45) is 0 Å². The van der Waals surface area contributed by atoms with Gasteiger partial charge in [-0.15, -0.1) is 0 Å². The van der Waals surface area contributed by atoms with Gasteiger partial charge in [-0.05, 0) is 18.9 Å². The third kappa shape index (κ3) is 4.56. The Morgan fingerprint density at radius 3 is 2.33 bits per heavy atom. The molecule has 0 unspecified atom stereocenters. The lowest BCUT2D eigenvalue weighted by Crippen LogP contribution is -2.52. The minimum Gasteiger partial charge on any atom is -0.467 e. The van der Waals surface area contributed by atoms with Crippen LogP contribution in [0.5, 0.6) is 0 Å². The molecule has 0 aromatic heterocycles. The number of carbonyl (C=O) groups is 2. The molecule has 5 heteroatoms. The van der Waals surface area contributed by atoms with Crippen LogP contribution in [-0.4, -0.2) is 37.7 Å². The molecule has 0 aliphatic carbocycles. The number of benzene rings is 1. The fourth-order valence-electron chi connectivity index (χ4n) is 1.89. The Kier molecular flexibility index (Phi) is 6.37. The third-order valence-corrected chi connectivity index (χ3v) is 3.68. The minimum absolute atomic E-state index is 0.321. The maximum Gasteiger partial charge on any atom is 0.328 e. The van der Waals surface area contributed by atoms with Crippen LogP contribution >= 0.6 is 0 Å². The number of amides is 1. The molecular formula is C16H23NO4. The van der Waals surface area contributed by atoms with Crippen molar-refractivity contribution in [3.63, 3.8) is 0 Å². The molecule has 1 N–H and O–H groups in total. The van der Waals surface area contributed by atoms with E-state index in [1.165, 1.54) is 14.2 Å². The van der Waals surface area contributed by atoms with Gasteiger partial charge in [-0.3, -0.25) is 4.79 Å². The molecule has 0 saturated carbocycles. The molecule has 116 valence electrons. The van der Waals surface area contributed by atoms with Crippen molar-refractivity contribution < 1.29 is 19.1 Å². The van der Waals surface area contributed by atoms with E-state index in [1.807, 2.05) is 37.3 Å². The largest absolute Gasteiger partial charge is 0.467 e. The summed E-state index contributed by atoms with van der Waals surface area (Å²) < 4.78 is 10.0. The lowest BCUT2D eigenvalue weighted by Gasteiger charge is -2.27. The van der Waals surface area contributed by atoms with Crippen LogP contribution in [0.3, 0.4) is 0 Å². The predicted molar refractivity (Wildman–Crippen MR) is 79.8 cm³/mol. The number of carbonyl (C=O) groups excluding carboxylic acids is 2. The first-order chi connectivity index (χ1) is 9.96. The highest BCUT2D eigenvalue weighted by atomic mass is 16.5. The van der Waals surface area contributed by atoms with Crippen LogP contribution in [0, 0.1) is 0 Å². The highest BCUT2D eigenvalue weighted by Crippen LogP contribution is 2.15. The molecule has 21 heavy (non-hydrogen) atoms. The second kappa shape index (κ2) is 7.78. The monoisotopic (exact) mass is 293 g/mol. The minimum atomic E-state index is -0.955. The first-order valence-electron chi connectivity index (χ1n) is 6.94. The summed E-state index contributed by atoms with van der Waals surface area (Å²) in [6.45, 7) is 3.55. The van der Waals surface area contributed by atoms with Crippen molar-refractivity contribution in [3.8, 4) is 0 Å². The van der Waals surface area contributed by atoms with Crippen molar-refractivity contribution in [2.45, 2.75) is 38.3 Å². The Balaban J connectivity index is 2.84. The fraction of sp³-hybridized carbons (Fsp3) is 0.500. The summed E-state index contributed by atoms with van der Waals surface area (Å²) in [5.41, 5.74) is -0.00742. The Morgan fingerprint density at radius 2 is 1.86 bits per heavy atom. The first-order valence-corrected chi connectivity index (χ1v) is 6.94. The molecule has 2 atom stereocenters. The van der Waals surface area contributed by atoms with Gasteiger partial charge >= 0.3 is 5.97 Å². The molecule has 0 radical (unpaired) electrons. The van der Waals surface area contributed by atoms with Crippen molar-refractivity contribution in [1.82, 2.24) is 5.32 Å². The smallest absolute Gasteiger partial charge is 0.328 e. The standard InChI is InChI=1S/C16H23NO4/c1-5-16(2,21-4)15(19)17-13(14(18)20-3)11-12-9-7-6-8-10-12/h6-10,13H,5,11H2,1-4H3,(H,17,19)/t13-,16+/m0/s1. The van der Waals surface area contributed by atoms with Gasteiger partial charge < -0.3 is 14.8 Å². The molecular weight excluding hydrogens is 270 g/mol. The number of hydrogen-bond donors (Lipinski definition) is 1. The molecule has 0 aliphatic heterocycles. The molecule has 0 fully saturated rings. The van der Waals surface area contributed by atoms with E-state index in [0.29, 0.717) is 12.8 Å². The van der Waals surface area contributed by atoms with Gasteiger partial charge in [0, 0.05) is 13.5 Å². The number of hydrogen-bond acceptors (Lipinski definition) is 4. The van der Waals surface area contributed by atoms with Crippen molar-refractivity contribution >= 4 is 11.9 Å². The maximum atomic E-state index is 12.3. The summed E-state index contributed by atoms with van der Waals surface area (Å²) >= 11 is 0. The lowest BCUT2D eigenvalue weighted by molar-refractivity contribution is -0.150. The van der Waals surface area contributed by atoms with Gasteiger partial charge in [-0.25, -0.2) is 4.79 Å². The molecule has 1 aromatic rings. The Labute approximate surface area is 125 Å². The summed E-state index contributed by atoms with van der Waals surface area (Å²) in [5.74, 6) is -0.791. The second-order valence-corrected chi connectivity index (χ2v) is 5.03. The van der Waals surface area contributed by atoms with Crippen LogP contribution < -0.4 is 5.32 Å². The zero-order valence-corrected chi connectivity index (χ0v) is 13.0. The molecule has 0 heterocycles. The SMILES string of the molecule is CC[C@@](C)(OC)C(=O)N[C@@H](Cc1ccccc1)C(=O)OC. The molecule has 1 amide bonds. The highest BCUT2D eigenvalue weighted by Gasteiger charge is 2.34. The topological polar surface area (TPSA) is 64.6 Å². The summed E-state index contributed by atoms with van der Waals surface area (Å²) in [7, 11) is 2.79. The quantitative estimate of drug-likeness (QED) is 0.777. The average molecular weight is 293 g/mol. The Hall–Kier alpha value is -1.88. The predicted octanol–water partition coefficient (Wildman–Crippen LogP) is 1.70. The van der Waals surface area contributed by atoms with Crippen molar-refractivity contribution in [1.29, 1.82) is 0 Å². The number of methoxy groups -OCH3 is 2. The van der Waals surface area contributed by atoms with E-state index in [1.54, 1.807) is 6.92 Å². The molecule has 0 aliphatic rings. The van der Waals surface area contributed by atoms with Crippen LogP contribution in [0.4, 0.5) is 0 Å². The molecule has 1 aromatic carbocycles. The fourth-order valence-corrected chi connectivity index (χ4v) is 1.89. The van der Waals surface area contributed by atoms with Crippen LogP contribution in [-0.2, 0) is 25.5 Å². The molecule has 5 nitrogen and oxygen atoms in total. The number of nitrogens with one attached hydrogen (secondary N) is 1. The van der Waals surface area contributed by atoms with E-state index in [4.69, 9.17) is 9.47 Å². The van der Waals surface area contributed by atoms with Gasteiger partial charge in [0.05, 0.1) is 7.11 Å². The zero-order valence-electron chi connectivity index (χ0n) is 13.0. The third-order valence-electron chi connectivity index (χ3n) is 3.68. The number of rotatable bonds is 7. The van der Waals surface area contributed by atoms with Crippen LogP contribution in [0.2, 0.25) is 0 Å². The zero-order chi connectivity index (χ0) is 15.9. The van der Waals surface area contributed by atoms with Gasteiger partial charge in [0.15, 0.2) is 0 Å². The summed E-state index contributed by atoms with van der Waals surface area (Å²) in [4.78, 5) is 24.2. The van der Waals surface area contributed by atoms with Crippen LogP contribution in [0.1, 0.15) is 25.8 Å². The van der Waals surface area contributed by atoms with Gasteiger partial charge in [0.2, 0.25) is 0 Å². The molecule has 1 rings (SSSR count). The normalized spacial score (nSPS) is 14.9. The van der Waals surface area contributed by atoms with Gasteiger partial charge in [-0.1, -0.05) is 37.3 Å². The first kappa shape index (κ1) is 17.2. The van der Waals surface area contributed by atoms with E-state index in [9.17, 15) is 9.59 Å². The molecule has 0 saturated heterocycles. The Morgan fingerprint density at radius 1 is 1.24 bits per heavy atom. The number of ether oxygens (including phenoxy) is 2. The summed E-state index contributed by atoms with van der Waals surface area (Å²) in [5, 5.41) is 2.72. The number of esters is 1. The van der Waals surface area contributed by atoms with Crippen LogP contribution in [0.15, 0.2) is 30.3 Å². The van der Waals surface area contributed by atoms with Crippen LogP contribution in [0.25, 0.3) is 0 Å². The maximum absolute atomic E-state index is 12.3. The van der Waals surface area contributed by atoms with E-state index in [-0.39, 0.29) is 5.91 Å². The average Bonchev–Trinajstić information content (AvgIpc) is 2.53. The second-order valence-electron chi connectivity index (χ2n) is 5.03. The van der Waals surface area contributed by atoms with E-state index in [2.05, 4.69) is 5.32 Å². The van der Waals surface area contributed by atoms with Gasteiger partial charge in [0.25, 0.3) is 5.91 Å². The van der Waals surface area contributed by atoms with Crippen molar-refractivity contribution in [2.75, 3.05) is 14.2 Å². The molecule has 0 bridgehead atoms.